The highest BCUT2D eigenvalue weighted by Crippen LogP contribution is 2.41. The van der Waals surface area contributed by atoms with Crippen LogP contribution in [0.1, 0.15) is 43.4 Å². The van der Waals surface area contributed by atoms with Crippen LogP contribution in [-0.2, 0) is 4.79 Å². The van der Waals surface area contributed by atoms with Crippen LogP contribution in [0.3, 0.4) is 0 Å². The molecule has 3 heteroatoms. The lowest BCUT2D eigenvalue weighted by atomic mass is 10.0. The van der Waals surface area contributed by atoms with Gasteiger partial charge in [-0.1, -0.05) is 29.8 Å². The van der Waals surface area contributed by atoms with Crippen molar-refractivity contribution in [1.29, 1.82) is 0 Å². The fraction of sp³-hybridized carbons (Fsp3) is 0.533. The molecule has 0 aliphatic heterocycles. The normalized spacial score (nSPS) is 18.2. The predicted octanol–water partition coefficient (Wildman–Crippen LogP) is 2.30. The summed E-state index contributed by atoms with van der Waals surface area (Å²) in [6.45, 7) is 3.93. The van der Waals surface area contributed by atoms with Gasteiger partial charge in [-0.25, -0.2) is 0 Å². The lowest BCUT2D eigenvalue weighted by Crippen LogP contribution is -2.33. The topological polar surface area (TPSA) is 55.1 Å². The third kappa shape index (κ3) is 3.57. The number of benzene rings is 1. The van der Waals surface area contributed by atoms with E-state index in [4.69, 9.17) is 5.73 Å². The molecule has 0 spiro atoms. The van der Waals surface area contributed by atoms with Gasteiger partial charge in [-0.15, -0.1) is 0 Å². The molecule has 1 aromatic carbocycles. The largest absolute Gasteiger partial charge is 0.349 e. The van der Waals surface area contributed by atoms with Crippen LogP contribution in [0, 0.1) is 12.8 Å². The zero-order chi connectivity index (χ0) is 13.1. The fourth-order valence-corrected chi connectivity index (χ4v) is 2.20. The Labute approximate surface area is 109 Å². The summed E-state index contributed by atoms with van der Waals surface area (Å²) >= 11 is 0. The molecule has 98 valence electrons. The molecule has 18 heavy (non-hydrogen) atoms. The van der Waals surface area contributed by atoms with E-state index < -0.39 is 0 Å². The van der Waals surface area contributed by atoms with E-state index in [1.165, 1.54) is 24.0 Å². The first-order chi connectivity index (χ1) is 8.56. The molecular weight excluding hydrogens is 224 g/mol. The second-order valence-corrected chi connectivity index (χ2v) is 5.47. The van der Waals surface area contributed by atoms with Crippen molar-refractivity contribution in [3.05, 3.63) is 35.4 Å². The van der Waals surface area contributed by atoms with E-state index in [1.54, 1.807) is 0 Å². The summed E-state index contributed by atoms with van der Waals surface area (Å²) in [6, 6.07) is 8.51. The number of nitrogens with two attached hydrogens (primary N) is 1. The number of carbonyl (C=O) groups is 1. The maximum absolute atomic E-state index is 11.8. The molecule has 0 radical (unpaired) electrons. The van der Waals surface area contributed by atoms with Gasteiger partial charge in [-0.3, -0.25) is 4.79 Å². The van der Waals surface area contributed by atoms with Crippen molar-refractivity contribution in [2.45, 2.75) is 45.2 Å². The Morgan fingerprint density at radius 3 is 2.50 bits per heavy atom. The van der Waals surface area contributed by atoms with Crippen molar-refractivity contribution in [3.63, 3.8) is 0 Å². The van der Waals surface area contributed by atoms with Gasteiger partial charge in [0.15, 0.2) is 0 Å². The summed E-state index contributed by atoms with van der Waals surface area (Å²) in [5, 5.41) is 3.13. The molecule has 1 amide bonds. The molecule has 3 nitrogen and oxygen atoms in total. The predicted molar refractivity (Wildman–Crippen MR) is 73.1 cm³/mol. The third-order valence-electron chi connectivity index (χ3n) is 3.35. The fourth-order valence-electron chi connectivity index (χ4n) is 2.20. The second-order valence-electron chi connectivity index (χ2n) is 5.47. The lowest BCUT2D eigenvalue weighted by molar-refractivity contribution is -0.122. The summed E-state index contributed by atoms with van der Waals surface area (Å²) in [6.07, 6.45) is 2.81. The van der Waals surface area contributed by atoms with Crippen LogP contribution < -0.4 is 11.1 Å². The van der Waals surface area contributed by atoms with Crippen LogP contribution in [0.25, 0.3) is 0 Å². The molecule has 3 N–H and O–H groups in total. The Morgan fingerprint density at radius 2 is 2.00 bits per heavy atom. The van der Waals surface area contributed by atoms with Crippen molar-refractivity contribution >= 4 is 5.91 Å². The molecule has 1 fully saturated rings. The van der Waals surface area contributed by atoms with E-state index >= 15 is 0 Å². The SMILES string of the molecule is Cc1ccc(C(NC(=O)CC(C)N)C2CC2)cc1. The Hall–Kier alpha value is -1.35. The quantitative estimate of drug-likeness (QED) is 0.837. The second kappa shape index (κ2) is 5.53. The van der Waals surface area contributed by atoms with Crippen molar-refractivity contribution in [2.75, 3.05) is 0 Å². The Balaban J connectivity index is 2.04. The summed E-state index contributed by atoms with van der Waals surface area (Å²) in [7, 11) is 0. The monoisotopic (exact) mass is 246 g/mol. The molecule has 2 atom stereocenters. The summed E-state index contributed by atoms with van der Waals surface area (Å²) in [4.78, 5) is 11.8. The van der Waals surface area contributed by atoms with Crippen LogP contribution in [0.5, 0.6) is 0 Å². The summed E-state index contributed by atoms with van der Waals surface area (Å²) in [5.41, 5.74) is 8.11. The van der Waals surface area contributed by atoms with Crippen molar-refractivity contribution < 1.29 is 4.79 Å². The van der Waals surface area contributed by atoms with Crippen molar-refractivity contribution in [3.8, 4) is 0 Å². The van der Waals surface area contributed by atoms with Crippen molar-refractivity contribution in [1.82, 2.24) is 5.32 Å². The molecule has 2 unspecified atom stereocenters. The van der Waals surface area contributed by atoms with E-state index in [9.17, 15) is 4.79 Å². The number of aryl methyl sites for hydroxylation is 1. The standard InChI is InChI=1S/C15H22N2O/c1-10-3-5-12(6-4-10)15(13-7-8-13)17-14(18)9-11(2)16/h3-6,11,13,15H,7-9,16H2,1-2H3,(H,17,18). The average molecular weight is 246 g/mol. The zero-order valence-electron chi connectivity index (χ0n) is 11.1. The lowest BCUT2D eigenvalue weighted by Gasteiger charge is -2.19. The van der Waals surface area contributed by atoms with Gasteiger partial charge in [0.05, 0.1) is 6.04 Å². The molecule has 0 saturated heterocycles. The highest BCUT2D eigenvalue weighted by atomic mass is 16.1. The number of rotatable bonds is 5. The first-order valence-electron chi connectivity index (χ1n) is 6.68. The Kier molecular flexibility index (Phi) is 4.02. The number of amides is 1. The van der Waals surface area contributed by atoms with E-state index in [0.29, 0.717) is 12.3 Å². The van der Waals surface area contributed by atoms with E-state index in [1.807, 2.05) is 6.92 Å². The zero-order valence-corrected chi connectivity index (χ0v) is 11.1. The molecule has 1 aromatic rings. The molecule has 2 rings (SSSR count). The molecule has 0 aromatic heterocycles. The number of carbonyl (C=O) groups excluding carboxylic acids is 1. The van der Waals surface area contributed by atoms with Crippen LogP contribution in [0.15, 0.2) is 24.3 Å². The van der Waals surface area contributed by atoms with Crippen LogP contribution >= 0.6 is 0 Å². The van der Waals surface area contributed by atoms with Crippen molar-refractivity contribution in [2.24, 2.45) is 11.7 Å². The molecule has 1 aliphatic rings. The average Bonchev–Trinajstić information content (AvgIpc) is 3.10. The van der Waals surface area contributed by atoms with E-state index in [-0.39, 0.29) is 18.0 Å². The summed E-state index contributed by atoms with van der Waals surface area (Å²) < 4.78 is 0. The molecule has 0 heterocycles. The highest BCUT2D eigenvalue weighted by Gasteiger charge is 2.33. The minimum atomic E-state index is -0.0807. The van der Waals surface area contributed by atoms with Gasteiger partial charge in [0.1, 0.15) is 0 Å². The maximum atomic E-state index is 11.8. The van der Waals surface area contributed by atoms with Gasteiger partial charge in [0.25, 0.3) is 0 Å². The first-order valence-corrected chi connectivity index (χ1v) is 6.68. The molecule has 1 aliphatic carbocycles. The minimum Gasteiger partial charge on any atom is -0.349 e. The minimum absolute atomic E-state index is 0.0578. The van der Waals surface area contributed by atoms with Gasteiger partial charge in [0, 0.05) is 12.5 Å². The van der Waals surface area contributed by atoms with Crippen LogP contribution in [0.2, 0.25) is 0 Å². The van der Waals surface area contributed by atoms with Gasteiger partial charge < -0.3 is 11.1 Å². The number of hydrogen-bond acceptors (Lipinski definition) is 2. The Bertz CT molecular complexity index is 407. The smallest absolute Gasteiger partial charge is 0.222 e. The molecule has 1 saturated carbocycles. The first kappa shape index (κ1) is 13.1. The van der Waals surface area contributed by atoms with E-state index in [0.717, 1.165) is 0 Å². The van der Waals surface area contributed by atoms with E-state index in [2.05, 4.69) is 36.5 Å². The van der Waals surface area contributed by atoms with Gasteiger partial charge in [0.2, 0.25) is 5.91 Å². The van der Waals surface area contributed by atoms with Gasteiger partial charge in [-0.05, 0) is 38.2 Å². The van der Waals surface area contributed by atoms with Crippen LogP contribution in [-0.4, -0.2) is 11.9 Å². The number of hydrogen-bond donors (Lipinski definition) is 2. The Morgan fingerprint density at radius 1 is 1.39 bits per heavy atom. The van der Waals surface area contributed by atoms with Gasteiger partial charge in [-0.2, -0.15) is 0 Å². The van der Waals surface area contributed by atoms with Crippen LogP contribution in [0.4, 0.5) is 0 Å². The number of nitrogens with one attached hydrogen (secondary N) is 1. The third-order valence-corrected chi connectivity index (χ3v) is 3.35. The molecule has 0 bridgehead atoms. The summed E-state index contributed by atoms with van der Waals surface area (Å²) in [5.74, 6) is 0.659. The molecular formula is C15H22N2O. The maximum Gasteiger partial charge on any atom is 0.222 e. The highest BCUT2D eigenvalue weighted by molar-refractivity contribution is 5.77. The van der Waals surface area contributed by atoms with Gasteiger partial charge >= 0.3 is 0 Å².